The summed E-state index contributed by atoms with van der Waals surface area (Å²) in [5, 5.41) is 8.20. The molecular formula is C12H13N3O3S2. The van der Waals surface area contributed by atoms with E-state index in [0.717, 1.165) is 4.88 Å². The number of rotatable bonds is 3. The molecule has 0 radical (unpaired) electrons. The molecule has 1 heterocycles. The first kappa shape index (κ1) is 14.6. The van der Waals surface area contributed by atoms with Crippen molar-refractivity contribution in [3.63, 3.8) is 0 Å². The van der Waals surface area contributed by atoms with E-state index in [1.807, 2.05) is 0 Å². The Labute approximate surface area is 120 Å². The van der Waals surface area contributed by atoms with Crippen molar-refractivity contribution in [1.82, 2.24) is 4.98 Å². The third-order valence-corrected chi connectivity index (χ3v) is 4.54. The number of carbonyl (C=O) groups is 1. The SMILES string of the molecule is CC(=O)Nc1nc(C)c(-c2cccc(S(N)(=O)=O)c2)s1. The number of thiazole rings is 1. The minimum atomic E-state index is -3.74. The van der Waals surface area contributed by atoms with Gasteiger partial charge in [0.05, 0.1) is 15.5 Å². The first-order valence-electron chi connectivity index (χ1n) is 5.65. The second-order valence-electron chi connectivity index (χ2n) is 4.19. The summed E-state index contributed by atoms with van der Waals surface area (Å²) in [6, 6.07) is 6.32. The number of benzene rings is 1. The van der Waals surface area contributed by atoms with Crippen LogP contribution in [-0.4, -0.2) is 19.3 Å². The Morgan fingerprint density at radius 2 is 2.10 bits per heavy atom. The van der Waals surface area contributed by atoms with Gasteiger partial charge in [0.15, 0.2) is 5.13 Å². The van der Waals surface area contributed by atoms with E-state index in [2.05, 4.69) is 10.3 Å². The lowest BCUT2D eigenvalue weighted by Gasteiger charge is -2.02. The predicted octanol–water partition coefficient (Wildman–Crippen LogP) is 1.72. The van der Waals surface area contributed by atoms with Gasteiger partial charge in [-0.2, -0.15) is 0 Å². The predicted molar refractivity (Wildman–Crippen MR) is 78.0 cm³/mol. The first-order valence-corrected chi connectivity index (χ1v) is 8.02. The standard InChI is InChI=1S/C12H13N3O3S2/c1-7-11(19-12(14-7)15-8(2)16)9-4-3-5-10(6-9)20(13,17)18/h3-6H,1-2H3,(H2,13,17,18)(H,14,15,16). The Balaban J connectivity index is 2.47. The Bertz CT molecular complexity index is 766. The molecule has 1 aromatic heterocycles. The van der Waals surface area contributed by atoms with Gasteiger partial charge in [0.1, 0.15) is 0 Å². The van der Waals surface area contributed by atoms with Gasteiger partial charge in [-0.25, -0.2) is 18.5 Å². The van der Waals surface area contributed by atoms with Crippen LogP contribution in [0.2, 0.25) is 0 Å². The van der Waals surface area contributed by atoms with Gasteiger partial charge in [-0.15, -0.1) is 0 Å². The summed E-state index contributed by atoms with van der Waals surface area (Å²) >= 11 is 1.28. The van der Waals surface area contributed by atoms with E-state index in [-0.39, 0.29) is 10.8 Å². The lowest BCUT2D eigenvalue weighted by molar-refractivity contribution is -0.114. The molecular weight excluding hydrogens is 298 g/mol. The lowest BCUT2D eigenvalue weighted by atomic mass is 10.2. The molecule has 8 heteroatoms. The molecule has 0 spiro atoms. The van der Waals surface area contributed by atoms with Crippen molar-refractivity contribution in [3.05, 3.63) is 30.0 Å². The number of primary sulfonamides is 1. The number of nitrogens with one attached hydrogen (secondary N) is 1. The van der Waals surface area contributed by atoms with E-state index in [9.17, 15) is 13.2 Å². The van der Waals surface area contributed by atoms with Gasteiger partial charge >= 0.3 is 0 Å². The van der Waals surface area contributed by atoms with Crippen molar-refractivity contribution in [3.8, 4) is 10.4 Å². The monoisotopic (exact) mass is 311 g/mol. The summed E-state index contributed by atoms with van der Waals surface area (Å²) in [6.07, 6.45) is 0. The third kappa shape index (κ3) is 3.21. The molecule has 20 heavy (non-hydrogen) atoms. The maximum atomic E-state index is 11.4. The molecule has 2 rings (SSSR count). The summed E-state index contributed by atoms with van der Waals surface area (Å²) in [6.45, 7) is 3.19. The quantitative estimate of drug-likeness (QED) is 0.901. The highest BCUT2D eigenvalue weighted by Gasteiger charge is 2.13. The van der Waals surface area contributed by atoms with Crippen LogP contribution in [0.4, 0.5) is 5.13 Å². The largest absolute Gasteiger partial charge is 0.302 e. The smallest absolute Gasteiger partial charge is 0.238 e. The van der Waals surface area contributed by atoms with Crippen LogP contribution in [0.15, 0.2) is 29.2 Å². The van der Waals surface area contributed by atoms with Gasteiger partial charge in [0.2, 0.25) is 15.9 Å². The zero-order valence-electron chi connectivity index (χ0n) is 10.9. The lowest BCUT2D eigenvalue weighted by Crippen LogP contribution is -2.11. The van der Waals surface area contributed by atoms with Crippen LogP contribution >= 0.6 is 11.3 Å². The van der Waals surface area contributed by atoms with E-state index in [4.69, 9.17) is 5.14 Å². The molecule has 0 aliphatic rings. The van der Waals surface area contributed by atoms with Crippen molar-refractivity contribution in [2.75, 3.05) is 5.32 Å². The fraction of sp³-hybridized carbons (Fsp3) is 0.167. The number of nitrogens with two attached hydrogens (primary N) is 1. The summed E-state index contributed by atoms with van der Waals surface area (Å²) < 4.78 is 22.7. The molecule has 2 aromatic rings. The highest BCUT2D eigenvalue weighted by molar-refractivity contribution is 7.89. The number of sulfonamides is 1. The van der Waals surface area contributed by atoms with E-state index in [1.54, 1.807) is 19.1 Å². The Morgan fingerprint density at radius 3 is 2.70 bits per heavy atom. The number of amides is 1. The van der Waals surface area contributed by atoms with Crippen molar-refractivity contribution in [1.29, 1.82) is 0 Å². The summed E-state index contributed by atoms with van der Waals surface area (Å²) in [7, 11) is -3.74. The fourth-order valence-electron chi connectivity index (χ4n) is 1.68. The number of aromatic nitrogens is 1. The molecule has 0 saturated heterocycles. The molecule has 0 atom stereocenters. The molecule has 0 bridgehead atoms. The molecule has 0 aliphatic heterocycles. The van der Waals surface area contributed by atoms with Crippen LogP contribution in [-0.2, 0) is 14.8 Å². The number of hydrogen-bond acceptors (Lipinski definition) is 5. The molecule has 0 aliphatic carbocycles. The van der Waals surface area contributed by atoms with Crippen LogP contribution in [0.3, 0.4) is 0 Å². The summed E-state index contributed by atoms with van der Waals surface area (Å²) in [5.74, 6) is -0.205. The van der Waals surface area contributed by atoms with Gasteiger partial charge in [-0.3, -0.25) is 4.79 Å². The zero-order chi connectivity index (χ0) is 14.9. The Morgan fingerprint density at radius 1 is 1.40 bits per heavy atom. The van der Waals surface area contributed by atoms with E-state index in [1.165, 1.54) is 30.4 Å². The number of nitrogens with zero attached hydrogens (tertiary/aromatic N) is 1. The van der Waals surface area contributed by atoms with Crippen molar-refractivity contribution in [2.45, 2.75) is 18.7 Å². The van der Waals surface area contributed by atoms with Crippen LogP contribution in [0.5, 0.6) is 0 Å². The van der Waals surface area contributed by atoms with Crippen LogP contribution in [0.1, 0.15) is 12.6 Å². The average molecular weight is 311 g/mol. The summed E-state index contributed by atoms with van der Waals surface area (Å²) in [4.78, 5) is 16.1. The van der Waals surface area contributed by atoms with Gasteiger partial charge in [-0.05, 0) is 24.6 Å². The molecule has 0 unspecified atom stereocenters. The second kappa shape index (κ2) is 5.31. The molecule has 1 aromatic carbocycles. The first-order chi connectivity index (χ1) is 9.27. The second-order valence-corrected chi connectivity index (χ2v) is 6.75. The van der Waals surface area contributed by atoms with Crippen molar-refractivity contribution < 1.29 is 13.2 Å². The van der Waals surface area contributed by atoms with E-state index >= 15 is 0 Å². The Hall–Kier alpha value is -1.77. The van der Waals surface area contributed by atoms with Gasteiger partial charge in [0, 0.05) is 6.92 Å². The minimum absolute atomic E-state index is 0.0453. The average Bonchev–Trinajstić information content (AvgIpc) is 2.68. The third-order valence-electron chi connectivity index (χ3n) is 2.50. The molecule has 106 valence electrons. The zero-order valence-corrected chi connectivity index (χ0v) is 12.5. The number of carbonyl (C=O) groups excluding carboxylic acids is 1. The van der Waals surface area contributed by atoms with Gasteiger partial charge < -0.3 is 5.32 Å². The summed E-state index contributed by atoms with van der Waals surface area (Å²) in [5.41, 5.74) is 1.41. The van der Waals surface area contributed by atoms with Crippen molar-refractivity contribution in [2.24, 2.45) is 5.14 Å². The van der Waals surface area contributed by atoms with Crippen molar-refractivity contribution >= 4 is 32.4 Å². The van der Waals surface area contributed by atoms with E-state index in [0.29, 0.717) is 16.4 Å². The molecule has 0 saturated carbocycles. The normalized spacial score (nSPS) is 11.3. The maximum absolute atomic E-state index is 11.4. The molecule has 3 N–H and O–H groups in total. The molecule has 6 nitrogen and oxygen atoms in total. The van der Waals surface area contributed by atoms with Gasteiger partial charge in [-0.1, -0.05) is 23.5 Å². The highest BCUT2D eigenvalue weighted by atomic mass is 32.2. The van der Waals surface area contributed by atoms with Crippen LogP contribution in [0, 0.1) is 6.92 Å². The molecule has 1 amide bonds. The van der Waals surface area contributed by atoms with Gasteiger partial charge in [0.25, 0.3) is 0 Å². The highest BCUT2D eigenvalue weighted by Crippen LogP contribution is 2.33. The number of hydrogen-bond donors (Lipinski definition) is 2. The Kier molecular flexibility index (Phi) is 3.89. The van der Waals surface area contributed by atoms with Crippen LogP contribution in [0.25, 0.3) is 10.4 Å². The van der Waals surface area contributed by atoms with E-state index < -0.39 is 10.0 Å². The topological polar surface area (TPSA) is 102 Å². The fourth-order valence-corrected chi connectivity index (χ4v) is 3.25. The molecule has 0 fully saturated rings. The van der Waals surface area contributed by atoms with Crippen LogP contribution < -0.4 is 10.5 Å². The number of aryl methyl sites for hydroxylation is 1. The number of anilines is 1. The maximum Gasteiger partial charge on any atom is 0.238 e. The minimum Gasteiger partial charge on any atom is -0.302 e.